The first-order valence-electron chi connectivity index (χ1n) is 18.0. The monoisotopic (exact) mass is 637 g/mol. The first kappa shape index (κ1) is 42.6. The largest absolute Gasteiger partial charge is 0.481 e. The molecule has 0 amide bonds. The number of unbranched alkanes of at least 4 members (excludes halogenated alkanes) is 14. The number of rotatable bonds is 31. The minimum atomic E-state index is -0.708. The molecule has 0 aromatic carbocycles. The Bertz CT molecular complexity index is 787. The number of nitriles is 1. The lowest BCUT2D eigenvalue weighted by Crippen LogP contribution is -2.42. The van der Waals surface area contributed by atoms with Gasteiger partial charge in [0.05, 0.1) is 6.61 Å². The van der Waals surface area contributed by atoms with Gasteiger partial charge in [-0.3, -0.25) is 9.59 Å². The van der Waals surface area contributed by atoms with E-state index in [1.54, 1.807) is 0 Å². The molecule has 0 fully saturated rings. The van der Waals surface area contributed by atoms with Crippen LogP contribution in [0.2, 0.25) is 0 Å². The summed E-state index contributed by atoms with van der Waals surface area (Å²) in [5, 5.41) is 21.3. The number of hydrogen-bond donors (Lipinski definition) is 2. The summed E-state index contributed by atoms with van der Waals surface area (Å²) in [5.74, 6) is -0.134. The topological polar surface area (TPSA) is 122 Å². The number of esters is 1. The molecule has 0 bridgehead atoms. The van der Waals surface area contributed by atoms with Crippen molar-refractivity contribution in [3.05, 3.63) is 0 Å². The number of aliphatic carboxylic acids is 1. The van der Waals surface area contributed by atoms with Crippen LogP contribution in [0.1, 0.15) is 135 Å². The lowest BCUT2D eigenvalue weighted by atomic mass is 10.1. The number of nitrogens with one attached hydrogen (secondary N) is 1. The van der Waals surface area contributed by atoms with Crippen LogP contribution in [-0.2, 0) is 14.3 Å². The van der Waals surface area contributed by atoms with Crippen LogP contribution in [0.3, 0.4) is 0 Å². The molecule has 262 valence electrons. The van der Waals surface area contributed by atoms with Crippen LogP contribution in [0.15, 0.2) is 4.99 Å². The molecule has 0 saturated heterocycles. The van der Waals surface area contributed by atoms with E-state index in [4.69, 9.17) is 15.1 Å². The molecule has 0 heterocycles. The molecule has 0 aliphatic rings. The van der Waals surface area contributed by atoms with Crippen LogP contribution in [-0.4, -0.2) is 105 Å². The maximum absolute atomic E-state index is 12.0. The highest BCUT2D eigenvalue weighted by Crippen LogP contribution is 2.11. The van der Waals surface area contributed by atoms with Gasteiger partial charge in [0.25, 0.3) is 0 Å². The van der Waals surface area contributed by atoms with Crippen molar-refractivity contribution in [1.29, 1.82) is 5.26 Å². The van der Waals surface area contributed by atoms with E-state index in [0.29, 0.717) is 19.0 Å². The molecule has 0 aliphatic heterocycles. The average Bonchev–Trinajstić information content (AvgIpc) is 3.00. The third-order valence-corrected chi connectivity index (χ3v) is 8.07. The smallest absolute Gasteiger partial charge is 0.305 e. The van der Waals surface area contributed by atoms with Crippen molar-refractivity contribution in [3.63, 3.8) is 0 Å². The zero-order chi connectivity index (χ0) is 33.4. The van der Waals surface area contributed by atoms with Crippen LogP contribution in [0.25, 0.3) is 0 Å². The van der Waals surface area contributed by atoms with Crippen LogP contribution in [0.4, 0.5) is 0 Å². The number of aliphatic imine (C=N–C) groups is 1. The minimum absolute atomic E-state index is 0.0457. The van der Waals surface area contributed by atoms with Gasteiger partial charge in [0.15, 0.2) is 0 Å². The highest BCUT2D eigenvalue weighted by molar-refractivity contribution is 5.80. The van der Waals surface area contributed by atoms with E-state index in [-0.39, 0.29) is 12.4 Å². The van der Waals surface area contributed by atoms with Gasteiger partial charge < -0.3 is 29.9 Å². The second-order valence-electron chi connectivity index (χ2n) is 12.7. The third-order valence-electron chi connectivity index (χ3n) is 8.07. The van der Waals surface area contributed by atoms with E-state index in [1.165, 1.54) is 32.1 Å². The van der Waals surface area contributed by atoms with Crippen molar-refractivity contribution in [2.24, 2.45) is 4.99 Å². The summed E-state index contributed by atoms with van der Waals surface area (Å²) in [6.07, 6.45) is 22.7. The Balaban J connectivity index is 4.30. The Kier molecular flexibility index (Phi) is 29.9. The number of guanidine groups is 1. The summed E-state index contributed by atoms with van der Waals surface area (Å²) in [7, 11) is 6.01. The van der Waals surface area contributed by atoms with Crippen LogP contribution < -0.4 is 5.32 Å². The predicted octanol–water partition coefficient (Wildman–Crippen LogP) is 6.66. The number of nitrogens with zero attached hydrogens (tertiary/aromatic N) is 5. The number of carboxylic acids is 1. The average molecular weight is 637 g/mol. The molecule has 0 radical (unpaired) electrons. The van der Waals surface area contributed by atoms with Crippen LogP contribution >= 0.6 is 0 Å². The lowest BCUT2D eigenvalue weighted by molar-refractivity contribution is -0.144. The molecular formula is C35H68N6O4. The molecule has 0 saturated carbocycles. The van der Waals surface area contributed by atoms with E-state index >= 15 is 0 Å². The minimum Gasteiger partial charge on any atom is -0.481 e. The van der Waals surface area contributed by atoms with Gasteiger partial charge in [0.1, 0.15) is 0 Å². The van der Waals surface area contributed by atoms with E-state index in [2.05, 4.69) is 27.0 Å². The molecule has 0 unspecified atom stereocenters. The molecular weight excluding hydrogens is 568 g/mol. The van der Waals surface area contributed by atoms with Gasteiger partial charge in [0.2, 0.25) is 12.2 Å². The molecule has 0 spiro atoms. The Morgan fingerprint density at radius 3 is 1.82 bits per heavy atom. The normalized spacial score (nSPS) is 11.6. The zero-order valence-electron chi connectivity index (χ0n) is 29.5. The van der Waals surface area contributed by atoms with Gasteiger partial charge in [-0.25, -0.2) is 0 Å². The quantitative estimate of drug-likeness (QED) is 0.0283. The summed E-state index contributed by atoms with van der Waals surface area (Å²) in [6, 6.07) is 0. The van der Waals surface area contributed by atoms with Gasteiger partial charge in [0, 0.05) is 39.5 Å². The molecule has 0 aromatic rings. The highest BCUT2D eigenvalue weighted by atomic mass is 16.5. The third kappa shape index (κ3) is 30.1. The Labute approximate surface area is 275 Å². The fourth-order valence-electron chi connectivity index (χ4n) is 5.20. The van der Waals surface area contributed by atoms with Crippen molar-refractivity contribution in [3.8, 4) is 6.19 Å². The summed E-state index contributed by atoms with van der Waals surface area (Å²) in [6.45, 7) is 8.32. The standard InChI is InChI=1S/C35H68N6O4/c1-5-6-7-8-9-16-21-31-45-34(44)24-18-13-11-15-20-27-41(26-19-14-10-12-17-23-33(42)43)28-22-25-37-35(38-32-36)40(4)30-29-39(2)3/h5-31H2,1-4H3,(H,37,38)(H,42,43). The molecule has 10 heteroatoms. The number of likely N-dealkylation sites (N-methyl/N-ethyl adjacent to an activating group) is 2. The maximum Gasteiger partial charge on any atom is 0.305 e. The molecule has 10 nitrogen and oxygen atoms in total. The summed E-state index contributed by atoms with van der Waals surface area (Å²) >= 11 is 0. The van der Waals surface area contributed by atoms with Gasteiger partial charge in [-0.2, -0.15) is 5.26 Å². The van der Waals surface area contributed by atoms with Crippen molar-refractivity contribution < 1.29 is 19.4 Å². The van der Waals surface area contributed by atoms with Crippen molar-refractivity contribution >= 4 is 17.9 Å². The summed E-state index contributed by atoms with van der Waals surface area (Å²) in [5.41, 5.74) is 0. The molecule has 0 aromatic heterocycles. The molecule has 2 N–H and O–H groups in total. The lowest BCUT2D eigenvalue weighted by Gasteiger charge is -2.25. The first-order chi connectivity index (χ1) is 21.8. The van der Waals surface area contributed by atoms with Crippen molar-refractivity contribution in [2.45, 2.75) is 135 Å². The van der Waals surface area contributed by atoms with Gasteiger partial charge in [-0.05, 0) is 72.3 Å². The zero-order valence-corrected chi connectivity index (χ0v) is 29.5. The Morgan fingerprint density at radius 2 is 1.24 bits per heavy atom. The highest BCUT2D eigenvalue weighted by Gasteiger charge is 2.09. The van der Waals surface area contributed by atoms with E-state index < -0.39 is 5.97 Å². The fourth-order valence-corrected chi connectivity index (χ4v) is 5.20. The predicted molar refractivity (Wildman–Crippen MR) is 185 cm³/mol. The van der Waals surface area contributed by atoms with E-state index in [1.807, 2.05) is 32.2 Å². The maximum atomic E-state index is 12.0. The van der Waals surface area contributed by atoms with Gasteiger partial charge in [-0.15, -0.1) is 4.99 Å². The molecule has 45 heavy (non-hydrogen) atoms. The SMILES string of the molecule is CCCCCCCCCOC(=O)CCCCCCCN(CCCCCCCC(=O)O)CCCN/C(=N/C#N)N(C)CCN(C)C. The van der Waals surface area contributed by atoms with Crippen LogP contribution in [0.5, 0.6) is 0 Å². The second kappa shape index (κ2) is 31.6. The van der Waals surface area contributed by atoms with E-state index in [0.717, 1.165) is 123 Å². The molecule has 0 rings (SSSR count). The Morgan fingerprint density at radius 1 is 0.711 bits per heavy atom. The summed E-state index contributed by atoms with van der Waals surface area (Å²) < 4.78 is 5.41. The Hall–Kier alpha value is -2.38. The second-order valence-corrected chi connectivity index (χ2v) is 12.7. The number of hydrogen-bond acceptors (Lipinski definition) is 7. The molecule has 0 atom stereocenters. The number of carbonyl (C=O) groups excluding carboxylic acids is 1. The fraction of sp³-hybridized carbons (Fsp3) is 0.886. The van der Waals surface area contributed by atoms with Crippen molar-refractivity contribution in [1.82, 2.24) is 20.0 Å². The summed E-state index contributed by atoms with van der Waals surface area (Å²) in [4.78, 5) is 33.4. The number of ether oxygens (including phenoxy) is 1. The van der Waals surface area contributed by atoms with Crippen LogP contribution in [0, 0.1) is 11.5 Å². The number of carbonyl (C=O) groups is 2. The van der Waals surface area contributed by atoms with E-state index in [9.17, 15) is 9.59 Å². The van der Waals surface area contributed by atoms with Gasteiger partial charge in [-0.1, -0.05) is 84.0 Å². The first-order valence-corrected chi connectivity index (χ1v) is 18.0. The van der Waals surface area contributed by atoms with Gasteiger partial charge >= 0.3 is 11.9 Å². The van der Waals surface area contributed by atoms with Crippen molar-refractivity contribution in [2.75, 3.05) is 67.0 Å². The molecule has 0 aliphatic carbocycles. The number of carboxylic acid groups (broad SMARTS) is 1.